The van der Waals surface area contributed by atoms with E-state index in [-0.39, 0.29) is 45.3 Å². The molecule has 0 unspecified atom stereocenters. The van der Waals surface area contributed by atoms with E-state index in [2.05, 4.69) is 12.2 Å². The molecule has 2 heterocycles. The van der Waals surface area contributed by atoms with Crippen molar-refractivity contribution >= 4 is 39.1 Å². The summed E-state index contributed by atoms with van der Waals surface area (Å²) in [5, 5.41) is 3.18. The van der Waals surface area contributed by atoms with E-state index in [1.165, 1.54) is 16.4 Å². The summed E-state index contributed by atoms with van der Waals surface area (Å²) in [7, 11) is -3.78. The monoisotopic (exact) mass is 420 g/mol. The first-order valence-electron chi connectivity index (χ1n) is 8.53. The molecule has 26 heavy (non-hydrogen) atoms. The topological polar surface area (TPSA) is 75.7 Å². The summed E-state index contributed by atoms with van der Waals surface area (Å²) >= 11 is 12.1. The number of rotatable bonds is 5. The van der Waals surface area contributed by atoms with Crippen molar-refractivity contribution in [2.24, 2.45) is 11.3 Å². The Morgan fingerprint density at radius 3 is 2.35 bits per heavy atom. The number of ether oxygens (including phenoxy) is 1. The van der Waals surface area contributed by atoms with Crippen molar-refractivity contribution < 1.29 is 17.9 Å². The molecule has 2 aliphatic rings. The largest absolute Gasteiger partial charge is 0.380 e. The molecule has 0 radical (unpaired) electrons. The second-order valence-corrected chi connectivity index (χ2v) is 9.94. The highest BCUT2D eigenvalue weighted by molar-refractivity contribution is 7.89. The minimum absolute atomic E-state index is 0.0144. The number of piperidine rings is 1. The molecule has 1 amide bonds. The predicted octanol–water partition coefficient (Wildman–Crippen LogP) is 2.55. The Bertz CT molecular complexity index is 768. The second-order valence-electron chi connectivity index (χ2n) is 7.25. The number of amides is 1. The van der Waals surface area contributed by atoms with Crippen molar-refractivity contribution in [3.63, 3.8) is 0 Å². The van der Waals surface area contributed by atoms with Gasteiger partial charge in [-0.2, -0.15) is 4.31 Å². The summed E-state index contributed by atoms with van der Waals surface area (Å²) in [6.07, 6.45) is 0.945. The number of sulfonamides is 1. The first-order valence-corrected chi connectivity index (χ1v) is 10.7. The Balaban J connectivity index is 1.60. The van der Waals surface area contributed by atoms with Crippen LogP contribution in [0.5, 0.6) is 0 Å². The molecule has 0 saturated carbocycles. The van der Waals surface area contributed by atoms with Gasteiger partial charge in [0, 0.05) is 31.0 Å². The van der Waals surface area contributed by atoms with Crippen molar-refractivity contribution in [2.75, 3.05) is 32.8 Å². The van der Waals surface area contributed by atoms with Gasteiger partial charge in [-0.3, -0.25) is 4.79 Å². The van der Waals surface area contributed by atoms with E-state index in [1.54, 1.807) is 6.07 Å². The van der Waals surface area contributed by atoms with Gasteiger partial charge in [-0.25, -0.2) is 8.42 Å². The van der Waals surface area contributed by atoms with E-state index in [0.29, 0.717) is 32.6 Å². The molecule has 1 aromatic rings. The van der Waals surface area contributed by atoms with Crippen molar-refractivity contribution in [1.29, 1.82) is 0 Å². The van der Waals surface area contributed by atoms with Gasteiger partial charge < -0.3 is 10.1 Å². The lowest BCUT2D eigenvalue weighted by Gasteiger charge is -2.38. The van der Waals surface area contributed by atoms with Gasteiger partial charge >= 0.3 is 0 Å². The third-order valence-electron chi connectivity index (χ3n) is 4.93. The lowest BCUT2D eigenvalue weighted by atomic mass is 9.88. The molecule has 0 bridgehead atoms. The fraction of sp³-hybridized carbons (Fsp3) is 0.588. The Labute approximate surface area is 163 Å². The predicted molar refractivity (Wildman–Crippen MR) is 99.9 cm³/mol. The van der Waals surface area contributed by atoms with Gasteiger partial charge in [-0.1, -0.05) is 36.2 Å². The van der Waals surface area contributed by atoms with Crippen molar-refractivity contribution in [3.8, 4) is 0 Å². The smallest absolute Gasteiger partial charge is 0.246 e. The van der Waals surface area contributed by atoms with E-state index < -0.39 is 10.0 Å². The standard InChI is InChI=1S/C17H22Cl2N2O4S/c1-17(10-25-11-17)9-20-16(22)12-5-7-21(8-6-12)26(23,24)15-13(18)3-2-4-14(15)19/h2-4,12H,5-11H2,1H3,(H,20,22). The third-order valence-corrected chi connectivity index (χ3v) is 7.79. The van der Waals surface area contributed by atoms with Crippen LogP contribution in [0.4, 0.5) is 0 Å². The molecule has 0 atom stereocenters. The van der Waals surface area contributed by atoms with Crippen LogP contribution in [0, 0.1) is 11.3 Å². The van der Waals surface area contributed by atoms with Crippen LogP contribution in [0.15, 0.2) is 23.1 Å². The Kier molecular flexibility index (Phi) is 5.84. The fourth-order valence-electron chi connectivity index (χ4n) is 3.21. The van der Waals surface area contributed by atoms with Crippen molar-refractivity contribution in [2.45, 2.75) is 24.7 Å². The number of nitrogens with zero attached hydrogens (tertiary/aromatic N) is 1. The van der Waals surface area contributed by atoms with Crippen LogP contribution in [0.25, 0.3) is 0 Å². The minimum atomic E-state index is -3.78. The van der Waals surface area contributed by atoms with E-state index in [0.717, 1.165) is 0 Å². The molecule has 2 aliphatic heterocycles. The second kappa shape index (κ2) is 7.64. The lowest BCUT2D eigenvalue weighted by molar-refractivity contribution is -0.131. The number of halogens is 2. The average Bonchev–Trinajstić information content (AvgIpc) is 2.57. The van der Waals surface area contributed by atoms with Gasteiger partial charge in [0.15, 0.2) is 0 Å². The first kappa shape index (κ1) is 19.9. The van der Waals surface area contributed by atoms with E-state index in [9.17, 15) is 13.2 Å². The van der Waals surface area contributed by atoms with Gasteiger partial charge in [-0.05, 0) is 25.0 Å². The zero-order chi connectivity index (χ0) is 18.9. The molecule has 0 aromatic heterocycles. The summed E-state index contributed by atoms with van der Waals surface area (Å²) < 4.78 is 32.2. The highest BCUT2D eigenvalue weighted by Gasteiger charge is 2.36. The molecular formula is C17H22Cl2N2O4S. The van der Waals surface area contributed by atoms with Gasteiger partial charge in [0.05, 0.1) is 23.3 Å². The molecule has 6 nitrogen and oxygen atoms in total. The molecular weight excluding hydrogens is 399 g/mol. The van der Waals surface area contributed by atoms with Crippen LogP contribution in [-0.2, 0) is 19.6 Å². The van der Waals surface area contributed by atoms with Crippen LogP contribution in [0.1, 0.15) is 19.8 Å². The van der Waals surface area contributed by atoms with Crippen molar-refractivity contribution in [1.82, 2.24) is 9.62 Å². The van der Waals surface area contributed by atoms with E-state index in [4.69, 9.17) is 27.9 Å². The zero-order valence-electron chi connectivity index (χ0n) is 14.5. The maximum atomic E-state index is 12.9. The first-order chi connectivity index (χ1) is 12.2. The summed E-state index contributed by atoms with van der Waals surface area (Å²) in [4.78, 5) is 12.3. The number of benzene rings is 1. The van der Waals surface area contributed by atoms with Crippen LogP contribution in [0.3, 0.4) is 0 Å². The number of hydrogen-bond donors (Lipinski definition) is 1. The normalized spacial score (nSPS) is 21.2. The molecule has 1 N–H and O–H groups in total. The summed E-state index contributed by atoms with van der Waals surface area (Å²) in [6.45, 7) is 4.49. The van der Waals surface area contributed by atoms with E-state index >= 15 is 0 Å². The summed E-state index contributed by atoms with van der Waals surface area (Å²) in [6, 6.07) is 4.62. The number of carbonyl (C=O) groups excluding carboxylic acids is 1. The van der Waals surface area contributed by atoms with Crippen LogP contribution in [0.2, 0.25) is 10.0 Å². The number of nitrogens with one attached hydrogen (secondary N) is 1. The SMILES string of the molecule is CC1(CNC(=O)C2CCN(S(=O)(=O)c3c(Cl)cccc3Cl)CC2)COC1. The van der Waals surface area contributed by atoms with Gasteiger partial charge in [0.2, 0.25) is 15.9 Å². The molecule has 0 aliphatic carbocycles. The quantitative estimate of drug-likeness (QED) is 0.793. The van der Waals surface area contributed by atoms with Gasteiger partial charge in [0.25, 0.3) is 0 Å². The fourth-order valence-corrected chi connectivity index (χ4v) is 5.77. The highest BCUT2D eigenvalue weighted by atomic mass is 35.5. The Hall–Kier alpha value is -0.860. The summed E-state index contributed by atoms with van der Waals surface area (Å²) in [5.41, 5.74) is 0.0144. The molecule has 3 rings (SSSR count). The van der Waals surface area contributed by atoms with Gasteiger partial charge in [-0.15, -0.1) is 0 Å². The zero-order valence-corrected chi connectivity index (χ0v) is 16.8. The molecule has 2 fully saturated rings. The number of carbonyl (C=O) groups is 1. The van der Waals surface area contributed by atoms with Crippen molar-refractivity contribution in [3.05, 3.63) is 28.2 Å². The van der Waals surface area contributed by atoms with Gasteiger partial charge in [0.1, 0.15) is 4.90 Å². The number of hydrogen-bond acceptors (Lipinski definition) is 4. The van der Waals surface area contributed by atoms with Crippen LogP contribution < -0.4 is 5.32 Å². The van der Waals surface area contributed by atoms with E-state index in [1.807, 2.05) is 0 Å². The Morgan fingerprint density at radius 2 is 1.85 bits per heavy atom. The maximum Gasteiger partial charge on any atom is 0.246 e. The molecule has 2 saturated heterocycles. The summed E-state index contributed by atoms with van der Waals surface area (Å²) in [5.74, 6) is -0.210. The molecule has 144 valence electrons. The Morgan fingerprint density at radius 1 is 1.27 bits per heavy atom. The minimum Gasteiger partial charge on any atom is -0.380 e. The van der Waals surface area contributed by atoms with Crippen LogP contribution >= 0.6 is 23.2 Å². The maximum absolute atomic E-state index is 12.9. The van der Waals surface area contributed by atoms with Crippen LogP contribution in [-0.4, -0.2) is 51.5 Å². The average molecular weight is 421 g/mol. The third kappa shape index (κ3) is 4.02. The molecule has 0 spiro atoms. The molecule has 1 aromatic carbocycles. The lowest BCUT2D eigenvalue weighted by Crippen LogP contribution is -2.50. The highest BCUT2D eigenvalue weighted by Crippen LogP contribution is 2.33. The molecule has 9 heteroatoms.